The number of nitrogens with two attached hydrogens (primary N) is 1. The molecule has 2 aromatic heterocycles. The van der Waals surface area contributed by atoms with E-state index in [0.717, 1.165) is 38.9 Å². The van der Waals surface area contributed by atoms with Crippen LogP contribution in [0.25, 0.3) is 33.2 Å². The fraction of sp³-hybridized carbons (Fsp3) is 0.0588. The van der Waals surface area contributed by atoms with E-state index in [1.54, 1.807) is 4.68 Å². The minimum atomic E-state index is 0.859. The van der Waals surface area contributed by atoms with Crippen LogP contribution in [0.1, 0.15) is 5.69 Å². The van der Waals surface area contributed by atoms with Crippen LogP contribution >= 0.6 is 0 Å². The van der Waals surface area contributed by atoms with Crippen molar-refractivity contribution >= 4 is 21.9 Å². The summed E-state index contributed by atoms with van der Waals surface area (Å²) in [7, 11) is 0. The van der Waals surface area contributed by atoms with E-state index in [0.29, 0.717) is 0 Å². The molecule has 2 heterocycles. The highest BCUT2D eigenvalue weighted by molar-refractivity contribution is 6.11. The lowest BCUT2D eigenvalue weighted by Gasteiger charge is -2.05. The van der Waals surface area contributed by atoms with Gasteiger partial charge in [0.05, 0.1) is 5.39 Å². The molecule has 0 aliphatic carbocycles. The summed E-state index contributed by atoms with van der Waals surface area (Å²) < 4.78 is 7.76. The molecule has 20 heavy (non-hydrogen) atoms. The molecule has 2 N–H and O–H groups in total. The summed E-state index contributed by atoms with van der Waals surface area (Å²) in [5.74, 6) is 6.24. The quantitative estimate of drug-likeness (QED) is 0.525. The van der Waals surface area contributed by atoms with Gasteiger partial charge in [0.15, 0.2) is 5.58 Å². The van der Waals surface area contributed by atoms with Crippen molar-refractivity contribution in [3.63, 3.8) is 0 Å². The molecule has 0 aliphatic rings. The monoisotopic (exact) mass is 262 g/mol. The van der Waals surface area contributed by atoms with Gasteiger partial charge < -0.3 is 10.3 Å². The van der Waals surface area contributed by atoms with E-state index < -0.39 is 0 Å². The zero-order valence-corrected chi connectivity index (χ0v) is 11.1. The van der Waals surface area contributed by atoms with E-state index in [1.165, 1.54) is 0 Å². The molecule has 4 rings (SSSR count). The number of benzene rings is 2. The fourth-order valence-electron chi connectivity index (χ4n) is 2.84. The molecule has 0 bridgehead atoms. The molecule has 3 nitrogen and oxygen atoms in total. The van der Waals surface area contributed by atoms with Crippen molar-refractivity contribution in [3.05, 3.63) is 60.3 Å². The molecule has 0 unspecified atom stereocenters. The molecule has 0 atom stereocenters. The number of hydrogen-bond acceptors (Lipinski definition) is 2. The van der Waals surface area contributed by atoms with Crippen molar-refractivity contribution in [2.75, 3.05) is 5.84 Å². The molecule has 98 valence electrons. The van der Waals surface area contributed by atoms with Crippen molar-refractivity contribution < 1.29 is 4.42 Å². The van der Waals surface area contributed by atoms with Crippen LogP contribution in [0.15, 0.2) is 59.0 Å². The Hall–Kier alpha value is -2.68. The van der Waals surface area contributed by atoms with Gasteiger partial charge in [0.25, 0.3) is 0 Å². The highest BCUT2D eigenvalue weighted by atomic mass is 16.3. The second-order valence-corrected chi connectivity index (χ2v) is 4.97. The first kappa shape index (κ1) is 11.2. The maximum absolute atomic E-state index is 6.24. The van der Waals surface area contributed by atoms with Crippen molar-refractivity contribution in [1.82, 2.24) is 4.68 Å². The Morgan fingerprint density at radius 2 is 1.65 bits per heavy atom. The third kappa shape index (κ3) is 1.35. The molecule has 0 fully saturated rings. The summed E-state index contributed by atoms with van der Waals surface area (Å²) in [6.45, 7) is 2.02. The molecule has 0 spiro atoms. The first-order valence-corrected chi connectivity index (χ1v) is 6.60. The van der Waals surface area contributed by atoms with E-state index in [-0.39, 0.29) is 0 Å². The Kier molecular flexibility index (Phi) is 2.18. The number of para-hydroxylation sites is 1. The third-order valence-electron chi connectivity index (χ3n) is 3.82. The number of rotatable bonds is 1. The number of nitrogens with zero attached hydrogens (tertiary/aromatic N) is 1. The second kappa shape index (κ2) is 3.90. The number of furan rings is 1. The average Bonchev–Trinajstić information content (AvgIpc) is 2.96. The molecule has 0 saturated heterocycles. The normalized spacial score (nSPS) is 11.4. The maximum Gasteiger partial charge on any atom is 0.163 e. The molecule has 4 aromatic rings. The van der Waals surface area contributed by atoms with Gasteiger partial charge in [-0.15, -0.1) is 0 Å². The van der Waals surface area contributed by atoms with Crippen LogP contribution in [0.2, 0.25) is 0 Å². The van der Waals surface area contributed by atoms with Gasteiger partial charge >= 0.3 is 0 Å². The van der Waals surface area contributed by atoms with E-state index >= 15 is 0 Å². The number of hydrogen-bond donors (Lipinski definition) is 1. The molecule has 2 aromatic carbocycles. The van der Waals surface area contributed by atoms with Crippen molar-refractivity contribution in [2.45, 2.75) is 6.92 Å². The first-order valence-electron chi connectivity index (χ1n) is 6.60. The second-order valence-electron chi connectivity index (χ2n) is 4.97. The summed E-state index contributed by atoms with van der Waals surface area (Å²) in [5, 5.41) is 2.21. The molecule has 3 heteroatoms. The summed E-state index contributed by atoms with van der Waals surface area (Å²) in [6.07, 6.45) is 0. The van der Waals surface area contributed by atoms with Gasteiger partial charge in [-0.05, 0) is 13.0 Å². The zero-order chi connectivity index (χ0) is 13.7. The zero-order valence-electron chi connectivity index (χ0n) is 11.1. The van der Waals surface area contributed by atoms with E-state index in [4.69, 9.17) is 10.3 Å². The van der Waals surface area contributed by atoms with Gasteiger partial charge in [-0.2, -0.15) is 0 Å². The summed E-state index contributed by atoms with van der Waals surface area (Å²) in [6, 6.07) is 18.2. The fourth-order valence-corrected chi connectivity index (χ4v) is 2.84. The van der Waals surface area contributed by atoms with Crippen molar-refractivity contribution in [3.8, 4) is 11.3 Å². The summed E-state index contributed by atoms with van der Waals surface area (Å²) in [5.41, 5.74) is 4.76. The molecule has 0 amide bonds. The Morgan fingerprint density at radius 1 is 0.950 bits per heavy atom. The number of aryl methyl sites for hydroxylation is 1. The first-order chi connectivity index (χ1) is 9.77. The SMILES string of the molecule is Cc1c2c(oc3ccccc32)c(-c2ccccc2)n1N. The van der Waals surface area contributed by atoms with Gasteiger partial charge in [0.1, 0.15) is 11.3 Å². The molecular weight excluding hydrogens is 248 g/mol. The van der Waals surface area contributed by atoms with Crippen LogP contribution in [0.5, 0.6) is 0 Å². The van der Waals surface area contributed by atoms with Gasteiger partial charge in [0, 0.05) is 16.6 Å². The summed E-state index contributed by atoms with van der Waals surface area (Å²) >= 11 is 0. The molecule has 0 aliphatic heterocycles. The van der Waals surface area contributed by atoms with Gasteiger partial charge in [-0.25, -0.2) is 0 Å². The number of fused-ring (bicyclic) bond motifs is 3. The lowest BCUT2D eigenvalue weighted by atomic mass is 10.1. The molecule has 0 saturated carbocycles. The van der Waals surface area contributed by atoms with E-state index in [9.17, 15) is 0 Å². The molecule has 0 radical (unpaired) electrons. The van der Waals surface area contributed by atoms with E-state index in [1.807, 2.05) is 55.5 Å². The van der Waals surface area contributed by atoms with Crippen LogP contribution in [-0.2, 0) is 0 Å². The van der Waals surface area contributed by atoms with Crippen LogP contribution in [0, 0.1) is 6.92 Å². The topological polar surface area (TPSA) is 44.1 Å². The third-order valence-corrected chi connectivity index (χ3v) is 3.82. The van der Waals surface area contributed by atoms with E-state index in [2.05, 4.69) is 6.07 Å². The standard InChI is InChI=1S/C17H14N2O/c1-11-15-13-9-5-6-10-14(13)20-17(15)16(19(11)18)12-7-3-2-4-8-12/h2-10H,18H2,1H3. The highest BCUT2D eigenvalue weighted by Gasteiger charge is 2.20. The minimum absolute atomic E-state index is 0.859. The van der Waals surface area contributed by atoms with Crippen LogP contribution in [-0.4, -0.2) is 4.68 Å². The van der Waals surface area contributed by atoms with Crippen LogP contribution in [0.3, 0.4) is 0 Å². The van der Waals surface area contributed by atoms with Crippen molar-refractivity contribution in [2.24, 2.45) is 0 Å². The average molecular weight is 262 g/mol. The minimum Gasteiger partial charge on any atom is -0.454 e. The lowest BCUT2D eigenvalue weighted by Crippen LogP contribution is -2.11. The largest absolute Gasteiger partial charge is 0.454 e. The number of aromatic nitrogens is 1. The highest BCUT2D eigenvalue weighted by Crippen LogP contribution is 2.38. The smallest absolute Gasteiger partial charge is 0.163 e. The Morgan fingerprint density at radius 3 is 2.45 bits per heavy atom. The number of nitrogen functional groups attached to an aromatic ring is 1. The Labute approximate surface area is 116 Å². The Bertz CT molecular complexity index is 916. The lowest BCUT2D eigenvalue weighted by molar-refractivity contribution is 0.668. The molecular formula is C17H14N2O. The maximum atomic E-state index is 6.24. The predicted molar refractivity (Wildman–Crippen MR) is 82.0 cm³/mol. The van der Waals surface area contributed by atoms with Gasteiger partial charge in [0.2, 0.25) is 0 Å². The summed E-state index contributed by atoms with van der Waals surface area (Å²) in [4.78, 5) is 0. The van der Waals surface area contributed by atoms with Gasteiger partial charge in [-0.1, -0.05) is 48.5 Å². The van der Waals surface area contributed by atoms with Crippen LogP contribution in [0.4, 0.5) is 0 Å². The van der Waals surface area contributed by atoms with Crippen LogP contribution < -0.4 is 5.84 Å². The Balaban J connectivity index is 2.19. The predicted octanol–water partition coefficient (Wildman–Crippen LogP) is 4.08. The van der Waals surface area contributed by atoms with Crippen molar-refractivity contribution in [1.29, 1.82) is 0 Å². The van der Waals surface area contributed by atoms with Gasteiger partial charge in [-0.3, -0.25) is 4.68 Å².